The lowest BCUT2D eigenvalue weighted by Gasteiger charge is -2.10. The first-order chi connectivity index (χ1) is 16.9. The van der Waals surface area contributed by atoms with Gasteiger partial charge in [-0.15, -0.1) is 0 Å². The summed E-state index contributed by atoms with van der Waals surface area (Å²) in [7, 11) is 0. The molecule has 174 valence electrons. The predicted molar refractivity (Wildman–Crippen MR) is 127 cm³/mol. The number of amides is 2. The molecule has 4 aromatic rings. The molecule has 0 atom stereocenters. The molecule has 2 heterocycles. The highest BCUT2D eigenvalue weighted by Gasteiger charge is 2.20. The summed E-state index contributed by atoms with van der Waals surface area (Å²) in [5.74, 6) is -3.74. The van der Waals surface area contributed by atoms with E-state index in [2.05, 4.69) is 15.6 Å². The largest absolute Gasteiger partial charge is 0.503 e. The fraction of sp³-hybridized carbons (Fsp3) is 0.0385. The molecule has 1 aromatic heterocycles. The second-order valence-corrected chi connectivity index (χ2v) is 8.87. The Morgan fingerprint density at radius 1 is 1.00 bits per heavy atom. The number of pyridine rings is 1. The van der Waals surface area contributed by atoms with Gasteiger partial charge in [-0.1, -0.05) is 30.0 Å². The normalized spacial score (nSPS) is 12.2. The van der Waals surface area contributed by atoms with E-state index in [0.717, 1.165) is 21.9 Å². The van der Waals surface area contributed by atoms with Crippen molar-refractivity contribution in [2.75, 3.05) is 5.32 Å². The number of carbonyl (C=O) groups excluding carboxylic acids is 2. The number of hydrogen-bond donors (Lipinski definition) is 3. The number of carbonyl (C=O) groups is 2. The minimum absolute atomic E-state index is 0.175. The molecule has 9 heteroatoms. The molecule has 5 rings (SSSR count). The number of nitrogens with one attached hydrogen (secondary N) is 2. The van der Waals surface area contributed by atoms with Gasteiger partial charge in [-0.05, 0) is 54.1 Å². The fourth-order valence-corrected chi connectivity index (χ4v) is 4.62. The van der Waals surface area contributed by atoms with Crippen molar-refractivity contribution in [3.05, 3.63) is 101 Å². The second kappa shape index (κ2) is 9.19. The van der Waals surface area contributed by atoms with Crippen LogP contribution in [-0.4, -0.2) is 21.9 Å². The van der Waals surface area contributed by atoms with Crippen LogP contribution in [0.4, 0.5) is 14.5 Å². The molecule has 0 radical (unpaired) electrons. The Morgan fingerprint density at radius 2 is 1.77 bits per heavy atom. The molecule has 0 aliphatic carbocycles. The molecular weight excluding hydrogens is 472 g/mol. The first kappa shape index (κ1) is 22.5. The predicted octanol–water partition coefficient (Wildman–Crippen LogP) is 5.38. The maximum Gasteiger partial charge on any atom is 0.256 e. The van der Waals surface area contributed by atoms with Crippen LogP contribution in [0.2, 0.25) is 0 Å². The first-order valence-corrected chi connectivity index (χ1v) is 11.3. The molecule has 3 N–H and O–H groups in total. The van der Waals surface area contributed by atoms with Gasteiger partial charge in [-0.3, -0.25) is 14.6 Å². The summed E-state index contributed by atoms with van der Waals surface area (Å²) in [6.45, 7) is 0.175. The van der Waals surface area contributed by atoms with Gasteiger partial charge in [0, 0.05) is 33.7 Å². The molecule has 2 amide bonds. The highest BCUT2D eigenvalue weighted by molar-refractivity contribution is 7.99. The van der Waals surface area contributed by atoms with Gasteiger partial charge in [-0.2, -0.15) is 0 Å². The third-order valence-corrected chi connectivity index (χ3v) is 6.58. The van der Waals surface area contributed by atoms with E-state index < -0.39 is 17.4 Å². The van der Waals surface area contributed by atoms with E-state index in [1.54, 1.807) is 42.5 Å². The zero-order valence-corrected chi connectivity index (χ0v) is 18.8. The highest BCUT2D eigenvalue weighted by Crippen LogP contribution is 2.39. The van der Waals surface area contributed by atoms with Crippen LogP contribution in [0.25, 0.3) is 11.3 Å². The Balaban J connectivity index is 1.27. The Labute approximate surface area is 203 Å². The van der Waals surface area contributed by atoms with Gasteiger partial charge in [0.15, 0.2) is 17.4 Å². The molecule has 0 spiro atoms. The number of anilines is 1. The molecule has 0 fully saturated rings. The Hall–Kier alpha value is -4.24. The van der Waals surface area contributed by atoms with E-state index >= 15 is 0 Å². The van der Waals surface area contributed by atoms with Gasteiger partial charge in [0.1, 0.15) is 0 Å². The molecule has 6 nitrogen and oxygen atoms in total. The van der Waals surface area contributed by atoms with Crippen LogP contribution in [0.15, 0.2) is 82.7 Å². The van der Waals surface area contributed by atoms with Crippen molar-refractivity contribution in [2.45, 2.75) is 16.3 Å². The molecule has 35 heavy (non-hydrogen) atoms. The number of benzene rings is 3. The maximum atomic E-state index is 13.6. The van der Waals surface area contributed by atoms with E-state index in [4.69, 9.17) is 0 Å². The van der Waals surface area contributed by atoms with Crippen LogP contribution >= 0.6 is 11.8 Å². The smallest absolute Gasteiger partial charge is 0.256 e. The number of aromatic hydroxyl groups is 1. The number of nitrogens with zero attached hydrogens (tertiary/aromatic N) is 1. The minimum Gasteiger partial charge on any atom is -0.503 e. The maximum absolute atomic E-state index is 13.6. The van der Waals surface area contributed by atoms with Crippen molar-refractivity contribution < 1.29 is 23.5 Å². The van der Waals surface area contributed by atoms with Gasteiger partial charge in [0.05, 0.1) is 16.9 Å². The van der Waals surface area contributed by atoms with Crippen LogP contribution in [0, 0.1) is 11.6 Å². The lowest BCUT2D eigenvalue weighted by molar-refractivity contribution is 0.0949. The minimum atomic E-state index is -1.07. The average molecular weight is 490 g/mol. The molecule has 0 bridgehead atoms. The van der Waals surface area contributed by atoms with E-state index in [-0.39, 0.29) is 23.9 Å². The van der Waals surface area contributed by atoms with E-state index in [1.165, 1.54) is 18.0 Å². The molecule has 1 aliphatic rings. The summed E-state index contributed by atoms with van der Waals surface area (Å²) in [5.41, 5.74) is 2.70. The van der Waals surface area contributed by atoms with Crippen molar-refractivity contribution in [3.63, 3.8) is 0 Å². The molecule has 0 saturated carbocycles. The molecule has 0 saturated heterocycles. The van der Waals surface area contributed by atoms with Crippen molar-refractivity contribution in [3.8, 4) is 17.0 Å². The van der Waals surface area contributed by atoms with Crippen molar-refractivity contribution >= 4 is 29.3 Å². The van der Waals surface area contributed by atoms with Gasteiger partial charge >= 0.3 is 0 Å². The lowest BCUT2D eigenvalue weighted by atomic mass is 10.1. The summed E-state index contributed by atoms with van der Waals surface area (Å²) in [5, 5.41) is 14.9. The number of hydrogen-bond acceptors (Lipinski definition) is 5. The van der Waals surface area contributed by atoms with Gasteiger partial charge < -0.3 is 15.7 Å². The third kappa shape index (κ3) is 4.58. The standard InChI is InChI=1S/C26H17F2N3O3S/c27-18-9-16(10-19(28)24(18)32)20-7-5-14(12-29-20)13-30-25(33)15-6-8-23-21(11-15)31-26(34)17-3-1-2-4-22(17)35-23/h1-12,32H,13H2,(H,30,33)(H,31,34). The Kier molecular flexibility index (Phi) is 5.92. The SMILES string of the molecule is O=C(NCc1ccc(-c2cc(F)c(O)c(F)c2)nc1)c1ccc2c(c1)NC(=O)c1ccccc1S2. The lowest BCUT2D eigenvalue weighted by Crippen LogP contribution is -2.23. The van der Waals surface area contributed by atoms with Crippen molar-refractivity contribution in [1.82, 2.24) is 10.3 Å². The summed E-state index contributed by atoms with van der Waals surface area (Å²) in [6.07, 6.45) is 1.49. The molecule has 0 unspecified atom stereocenters. The van der Waals surface area contributed by atoms with Crippen LogP contribution in [0.5, 0.6) is 5.75 Å². The van der Waals surface area contributed by atoms with Crippen molar-refractivity contribution in [2.24, 2.45) is 0 Å². The second-order valence-electron chi connectivity index (χ2n) is 7.79. The van der Waals surface area contributed by atoms with Gasteiger partial charge in [0.25, 0.3) is 11.8 Å². The summed E-state index contributed by atoms with van der Waals surface area (Å²) >= 11 is 1.46. The van der Waals surface area contributed by atoms with Crippen molar-refractivity contribution in [1.29, 1.82) is 0 Å². The number of phenolic OH excluding ortho intramolecular Hbond substituents is 1. The summed E-state index contributed by atoms with van der Waals surface area (Å²) in [4.78, 5) is 31.2. The zero-order chi connectivity index (χ0) is 24.5. The van der Waals surface area contributed by atoms with E-state index in [1.807, 2.05) is 12.1 Å². The van der Waals surface area contributed by atoms with E-state index in [0.29, 0.717) is 28.1 Å². The van der Waals surface area contributed by atoms with Gasteiger partial charge in [0.2, 0.25) is 0 Å². The Bertz CT molecular complexity index is 1450. The third-order valence-electron chi connectivity index (χ3n) is 5.43. The monoisotopic (exact) mass is 489 g/mol. The van der Waals surface area contributed by atoms with E-state index in [9.17, 15) is 23.5 Å². The number of halogens is 2. The number of phenols is 1. The molecular formula is C26H17F2N3O3S. The fourth-order valence-electron chi connectivity index (χ4n) is 3.61. The Morgan fingerprint density at radius 3 is 2.51 bits per heavy atom. The quantitative estimate of drug-likeness (QED) is 0.358. The number of aromatic nitrogens is 1. The highest BCUT2D eigenvalue weighted by atomic mass is 32.2. The topological polar surface area (TPSA) is 91.3 Å². The molecule has 1 aliphatic heterocycles. The number of fused-ring (bicyclic) bond motifs is 2. The van der Waals surface area contributed by atoms with Crippen LogP contribution in [0.1, 0.15) is 26.3 Å². The summed E-state index contributed by atoms with van der Waals surface area (Å²) < 4.78 is 27.2. The zero-order valence-electron chi connectivity index (χ0n) is 18.0. The first-order valence-electron chi connectivity index (χ1n) is 10.5. The molecule has 3 aromatic carbocycles. The van der Waals surface area contributed by atoms with Crippen LogP contribution in [0.3, 0.4) is 0 Å². The summed E-state index contributed by atoms with van der Waals surface area (Å²) in [6, 6.07) is 17.7. The van der Waals surface area contributed by atoms with Crippen LogP contribution in [-0.2, 0) is 6.54 Å². The van der Waals surface area contributed by atoms with Gasteiger partial charge in [-0.25, -0.2) is 8.78 Å². The number of rotatable bonds is 4. The average Bonchev–Trinajstić information content (AvgIpc) is 3.01. The van der Waals surface area contributed by atoms with Crippen LogP contribution < -0.4 is 10.6 Å².